The third kappa shape index (κ3) is 24.5. The summed E-state index contributed by atoms with van der Waals surface area (Å²) in [6, 6.07) is 0. The van der Waals surface area contributed by atoms with Gasteiger partial charge in [0.2, 0.25) is 0 Å². The number of rotatable bonds is 20. The van der Waals surface area contributed by atoms with Gasteiger partial charge in [0.15, 0.2) is 0 Å². The summed E-state index contributed by atoms with van der Waals surface area (Å²) in [7, 11) is 0. The zero-order valence-electron chi connectivity index (χ0n) is 16.6. The van der Waals surface area contributed by atoms with E-state index < -0.39 is 0 Å². The van der Waals surface area contributed by atoms with Crippen molar-refractivity contribution in [2.45, 2.75) is 116 Å². The van der Waals surface area contributed by atoms with E-state index in [0.29, 0.717) is 0 Å². The van der Waals surface area contributed by atoms with Gasteiger partial charge in [-0.25, -0.2) is 0 Å². The fraction of sp³-hybridized carbons (Fsp3) is 1.00. The van der Waals surface area contributed by atoms with Gasteiger partial charge in [0.05, 0.1) is 0 Å². The van der Waals surface area contributed by atoms with Crippen LogP contribution in [0, 0.1) is 0 Å². The first kappa shape index (κ1) is 26.4. The lowest BCUT2D eigenvalue weighted by Gasteiger charge is -2.04. The Morgan fingerprint density at radius 3 is 1.21 bits per heavy atom. The van der Waals surface area contributed by atoms with E-state index in [9.17, 15) is 0 Å². The van der Waals surface area contributed by atoms with Gasteiger partial charge in [-0.2, -0.15) is 0 Å². The van der Waals surface area contributed by atoms with E-state index in [4.69, 9.17) is 5.73 Å². The average Bonchev–Trinajstić information content (AvgIpc) is 2.57. The summed E-state index contributed by atoms with van der Waals surface area (Å²) in [6.45, 7) is 5.38. The van der Waals surface area contributed by atoms with E-state index in [1.807, 2.05) is 0 Å². The van der Waals surface area contributed by atoms with Gasteiger partial charge in [-0.3, -0.25) is 0 Å². The Labute approximate surface area is 159 Å². The Hall–Kier alpha value is 0.210. The second-order valence-corrected chi connectivity index (χ2v) is 7.20. The molecule has 0 saturated carbocycles. The predicted octanol–water partition coefficient (Wildman–Crippen LogP) is 6.61. The standard InChI is InChI=1S/C21H46N2.ClH/c1-2-3-4-5-6-7-8-9-10-11-12-13-14-15-16-17-20-23-21-18-19-22;/h23H,2-22H2,1H3;1H. The summed E-state index contributed by atoms with van der Waals surface area (Å²) >= 11 is 0. The van der Waals surface area contributed by atoms with Crippen molar-refractivity contribution < 1.29 is 0 Å². The number of nitrogens with two attached hydrogens (primary N) is 1. The highest BCUT2D eigenvalue weighted by atomic mass is 35.5. The highest BCUT2D eigenvalue weighted by Crippen LogP contribution is 2.13. The van der Waals surface area contributed by atoms with Gasteiger partial charge >= 0.3 is 0 Å². The van der Waals surface area contributed by atoms with Crippen LogP contribution >= 0.6 is 12.4 Å². The van der Waals surface area contributed by atoms with Gasteiger partial charge in [-0.15, -0.1) is 12.4 Å². The molecule has 3 heteroatoms. The van der Waals surface area contributed by atoms with E-state index in [1.54, 1.807) is 0 Å². The van der Waals surface area contributed by atoms with E-state index >= 15 is 0 Å². The van der Waals surface area contributed by atoms with Crippen LogP contribution < -0.4 is 11.1 Å². The molecule has 0 aromatic rings. The molecule has 0 spiro atoms. The van der Waals surface area contributed by atoms with Gasteiger partial charge in [0.25, 0.3) is 0 Å². The van der Waals surface area contributed by atoms with Crippen molar-refractivity contribution in [1.82, 2.24) is 5.32 Å². The summed E-state index contributed by atoms with van der Waals surface area (Å²) in [5, 5.41) is 3.46. The van der Waals surface area contributed by atoms with Crippen LogP contribution in [0.5, 0.6) is 0 Å². The van der Waals surface area contributed by atoms with E-state index in [-0.39, 0.29) is 12.4 Å². The Morgan fingerprint density at radius 1 is 0.500 bits per heavy atom. The molecule has 0 aliphatic carbocycles. The fourth-order valence-electron chi connectivity index (χ4n) is 3.15. The maximum Gasteiger partial charge on any atom is -0.00369 e. The Bertz CT molecular complexity index is 180. The molecule has 0 rings (SSSR count). The van der Waals surface area contributed by atoms with E-state index in [0.717, 1.165) is 19.5 Å². The summed E-state index contributed by atoms with van der Waals surface area (Å²) in [4.78, 5) is 0. The van der Waals surface area contributed by atoms with Gasteiger partial charge < -0.3 is 11.1 Å². The van der Waals surface area contributed by atoms with Crippen molar-refractivity contribution in [3.8, 4) is 0 Å². The SMILES string of the molecule is CCCCCCCCCCCCCCCCCCNCCCN.Cl. The van der Waals surface area contributed by atoms with E-state index in [2.05, 4.69) is 12.2 Å². The lowest BCUT2D eigenvalue weighted by Crippen LogP contribution is -2.19. The fourth-order valence-corrected chi connectivity index (χ4v) is 3.15. The summed E-state index contributed by atoms with van der Waals surface area (Å²) in [5.41, 5.74) is 5.47. The zero-order chi connectivity index (χ0) is 16.8. The first-order valence-corrected chi connectivity index (χ1v) is 10.8. The molecular weight excluding hydrogens is 316 g/mol. The third-order valence-corrected chi connectivity index (χ3v) is 4.76. The Balaban J connectivity index is 0. The van der Waals surface area contributed by atoms with E-state index in [1.165, 1.54) is 109 Å². The number of nitrogens with one attached hydrogen (secondary N) is 1. The molecular formula is C21H47ClN2. The van der Waals surface area contributed by atoms with Crippen molar-refractivity contribution in [1.29, 1.82) is 0 Å². The van der Waals surface area contributed by atoms with Gasteiger partial charge in [-0.05, 0) is 32.5 Å². The topological polar surface area (TPSA) is 38.0 Å². The Kier molecular flexibility index (Phi) is 28.0. The normalized spacial score (nSPS) is 10.8. The van der Waals surface area contributed by atoms with Gasteiger partial charge in [0.1, 0.15) is 0 Å². The number of hydrogen-bond acceptors (Lipinski definition) is 2. The van der Waals surface area contributed by atoms with Crippen LogP contribution in [0.25, 0.3) is 0 Å². The maximum atomic E-state index is 5.47. The highest BCUT2D eigenvalue weighted by molar-refractivity contribution is 5.85. The molecule has 0 unspecified atom stereocenters. The van der Waals surface area contributed by atoms with Crippen LogP contribution in [0.1, 0.15) is 116 Å². The number of hydrogen-bond donors (Lipinski definition) is 2. The van der Waals surface area contributed by atoms with Crippen molar-refractivity contribution >= 4 is 12.4 Å². The molecule has 0 fully saturated rings. The molecule has 2 nitrogen and oxygen atoms in total. The molecule has 24 heavy (non-hydrogen) atoms. The van der Waals surface area contributed by atoms with Crippen molar-refractivity contribution in [3.63, 3.8) is 0 Å². The number of halogens is 1. The lowest BCUT2D eigenvalue weighted by atomic mass is 10.0. The molecule has 0 bridgehead atoms. The van der Waals surface area contributed by atoms with Crippen LogP contribution in [0.15, 0.2) is 0 Å². The monoisotopic (exact) mass is 362 g/mol. The summed E-state index contributed by atoms with van der Waals surface area (Å²) < 4.78 is 0. The van der Waals surface area contributed by atoms with Crippen LogP contribution in [-0.2, 0) is 0 Å². The predicted molar refractivity (Wildman–Crippen MR) is 113 cm³/mol. The van der Waals surface area contributed by atoms with Crippen LogP contribution in [0.4, 0.5) is 0 Å². The molecule has 0 aliphatic heterocycles. The van der Waals surface area contributed by atoms with Crippen LogP contribution in [0.3, 0.4) is 0 Å². The molecule has 0 saturated heterocycles. The quantitative estimate of drug-likeness (QED) is 0.239. The lowest BCUT2D eigenvalue weighted by molar-refractivity contribution is 0.524. The van der Waals surface area contributed by atoms with Crippen LogP contribution in [-0.4, -0.2) is 19.6 Å². The Morgan fingerprint density at radius 2 is 0.833 bits per heavy atom. The second kappa shape index (κ2) is 25.5. The first-order chi connectivity index (χ1) is 11.4. The van der Waals surface area contributed by atoms with Crippen molar-refractivity contribution in [2.75, 3.05) is 19.6 Å². The zero-order valence-corrected chi connectivity index (χ0v) is 17.4. The molecule has 0 aromatic carbocycles. The second-order valence-electron chi connectivity index (χ2n) is 7.20. The molecule has 3 N–H and O–H groups in total. The molecule has 148 valence electrons. The summed E-state index contributed by atoms with van der Waals surface area (Å²) in [5.74, 6) is 0. The summed E-state index contributed by atoms with van der Waals surface area (Å²) in [6.07, 6.45) is 24.2. The largest absolute Gasteiger partial charge is 0.330 e. The minimum atomic E-state index is 0. The minimum absolute atomic E-state index is 0. The average molecular weight is 363 g/mol. The first-order valence-electron chi connectivity index (χ1n) is 10.8. The molecule has 0 radical (unpaired) electrons. The van der Waals surface area contributed by atoms with Crippen molar-refractivity contribution in [3.05, 3.63) is 0 Å². The molecule has 0 amide bonds. The highest BCUT2D eigenvalue weighted by Gasteiger charge is 1.94. The van der Waals surface area contributed by atoms with Gasteiger partial charge in [-0.1, -0.05) is 103 Å². The molecule has 0 aliphatic rings. The molecule has 0 heterocycles. The smallest absolute Gasteiger partial charge is 0.00369 e. The molecule has 0 aromatic heterocycles. The molecule has 0 atom stereocenters. The van der Waals surface area contributed by atoms with Gasteiger partial charge in [0, 0.05) is 0 Å². The third-order valence-electron chi connectivity index (χ3n) is 4.76. The van der Waals surface area contributed by atoms with Crippen molar-refractivity contribution in [2.24, 2.45) is 5.73 Å². The maximum absolute atomic E-state index is 5.47. The number of unbranched alkanes of at least 4 members (excludes halogenated alkanes) is 15. The minimum Gasteiger partial charge on any atom is -0.330 e. The van der Waals surface area contributed by atoms with Crippen LogP contribution in [0.2, 0.25) is 0 Å².